The van der Waals surface area contributed by atoms with E-state index in [-0.39, 0.29) is 4.90 Å². The summed E-state index contributed by atoms with van der Waals surface area (Å²) in [6.07, 6.45) is 0.197. The van der Waals surface area contributed by atoms with E-state index in [9.17, 15) is 23.2 Å². The number of nitrogens with one attached hydrogen (secondary N) is 1. The first-order valence-electron chi connectivity index (χ1n) is 12.7. The number of methoxy groups -OCH3 is 1. The number of nitrogens with zero attached hydrogens (tertiary/aromatic N) is 2. The predicted octanol–water partition coefficient (Wildman–Crippen LogP) is 6.62. The number of aromatic nitrogens is 1. The Labute approximate surface area is 234 Å². The number of pyridine rings is 1. The van der Waals surface area contributed by atoms with Crippen molar-refractivity contribution < 1.29 is 27.9 Å². The number of hydroxylamine groups is 1. The molecule has 0 spiro atoms. The smallest absolute Gasteiger partial charge is 0.417 e. The molecule has 1 aliphatic rings. The molecule has 1 saturated heterocycles. The highest BCUT2D eigenvalue weighted by molar-refractivity contribution is 7.99. The summed E-state index contributed by atoms with van der Waals surface area (Å²) in [5, 5.41) is 10.9. The second-order valence-electron chi connectivity index (χ2n) is 9.73. The number of aryl methyl sites for hydroxylation is 1. The van der Waals surface area contributed by atoms with E-state index in [2.05, 4.69) is 9.88 Å². The molecule has 2 heterocycles. The quantitative estimate of drug-likeness (QED) is 0.159. The van der Waals surface area contributed by atoms with Gasteiger partial charge in [-0.3, -0.25) is 15.0 Å². The summed E-state index contributed by atoms with van der Waals surface area (Å²) >= 11 is 7.68. The highest BCUT2D eigenvalue weighted by Gasteiger charge is 2.41. The minimum atomic E-state index is -4.38. The predicted molar refractivity (Wildman–Crippen MR) is 146 cm³/mol. The van der Waals surface area contributed by atoms with Crippen LogP contribution in [0.3, 0.4) is 0 Å². The number of benzene rings is 2. The van der Waals surface area contributed by atoms with Crippen LogP contribution in [0, 0.1) is 5.41 Å². The summed E-state index contributed by atoms with van der Waals surface area (Å²) in [6, 6.07) is 11.2. The number of carbonyl (C=O) groups is 1. The van der Waals surface area contributed by atoms with E-state index in [1.807, 2.05) is 23.7 Å². The van der Waals surface area contributed by atoms with Crippen LogP contribution in [-0.2, 0) is 17.4 Å². The van der Waals surface area contributed by atoms with Crippen molar-refractivity contribution in [1.82, 2.24) is 15.4 Å². The number of hydrogen-bond acceptors (Lipinski definition) is 6. The molecule has 3 aromatic rings. The van der Waals surface area contributed by atoms with Gasteiger partial charge in [0.05, 0.1) is 28.6 Å². The first kappa shape index (κ1) is 29.5. The maximum absolute atomic E-state index is 13.3. The van der Waals surface area contributed by atoms with Crippen molar-refractivity contribution in [1.29, 1.82) is 0 Å². The molecule has 0 bridgehead atoms. The van der Waals surface area contributed by atoms with Gasteiger partial charge in [0.15, 0.2) is 0 Å². The molecule has 2 N–H and O–H groups in total. The van der Waals surface area contributed by atoms with E-state index in [0.717, 1.165) is 22.5 Å². The molecule has 1 aromatic heterocycles. The van der Waals surface area contributed by atoms with Gasteiger partial charge in [0.25, 0.3) is 0 Å². The summed E-state index contributed by atoms with van der Waals surface area (Å²) < 4.78 is 45.2. The first-order chi connectivity index (χ1) is 18.7. The van der Waals surface area contributed by atoms with Crippen LogP contribution < -0.4 is 10.2 Å². The zero-order valence-corrected chi connectivity index (χ0v) is 23.1. The van der Waals surface area contributed by atoms with E-state index in [4.69, 9.17) is 16.3 Å². The van der Waals surface area contributed by atoms with Gasteiger partial charge in [-0.25, -0.2) is 5.48 Å². The van der Waals surface area contributed by atoms with Gasteiger partial charge in [0.1, 0.15) is 5.75 Å². The average Bonchev–Trinajstić information content (AvgIpc) is 2.94. The second-order valence-corrected chi connectivity index (χ2v) is 11.3. The van der Waals surface area contributed by atoms with Crippen molar-refractivity contribution in [3.63, 3.8) is 0 Å². The van der Waals surface area contributed by atoms with E-state index in [0.29, 0.717) is 68.3 Å². The SMILES string of the molecule is COc1ccc2ncc(Cl)c(CCCC3(C(=O)NO)CCN(CCSc4ccccc4C(F)(F)F)CC3)c2c1. The summed E-state index contributed by atoms with van der Waals surface area (Å²) in [4.78, 5) is 19.6. The van der Waals surface area contributed by atoms with E-state index in [1.165, 1.54) is 23.9 Å². The number of carbonyl (C=O) groups excluding carboxylic acids is 1. The van der Waals surface area contributed by atoms with Crippen LogP contribution >= 0.6 is 23.4 Å². The van der Waals surface area contributed by atoms with E-state index < -0.39 is 23.1 Å². The highest BCUT2D eigenvalue weighted by atomic mass is 35.5. The number of amides is 1. The molecular weight excluding hydrogens is 551 g/mol. The average molecular weight is 582 g/mol. The fourth-order valence-electron chi connectivity index (χ4n) is 5.21. The normalized spacial score (nSPS) is 15.8. The van der Waals surface area contributed by atoms with Crippen LogP contribution in [0.2, 0.25) is 5.02 Å². The summed E-state index contributed by atoms with van der Waals surface area (Å²) in [7, 11) is 1.60. The third-order valence-electron chi connectivity index (χ3n) is 7.47. The fourth-order valence-corrected chi connectivity index (χ4v) is 6.54. The number of halogens is 4. The number of hydrogen-bond donors (Lipinski definition) is 2. The monoisotopic (exact) mass is 581 g/mol. The first-order valence-corrected chi connectivity index (χ1v) is 14.1. The Kier molecular flexibility index (Phi) is 9.64. The van der Waals surface area contributed by atoms with Crippen molar-refractivity contribution in [2.45, 2.75) is 43.2 Å². The molecule has 1 fully saturated rings. The lowest BCUT2D eigenvalue weighted by Crippen LogP contribution is -2.48. The highest BCUT2D eigenvalue weighted by Crippen LogP contribution is 2.39. The van der Waals surface area contributed by atoms with Gasteiger partial charge < -0.3 is 9.64 Å². The van der Waals surface area contributed by atoms with Crippen LogP contribution in [0.25, 0.3) is 10.9 Å². The standard InChI is InChI=1S/C28H31ClF3N3O3S/c1-38-19-8-9-24-21(17-19)20(23(29)18-33-24)5-4-10-27(26(36)34-37)11-13-35(14-12-27)15-16-39-25-7-3-2-6-22(25)28(30,31)32/h2-3,6-9,17-18,37H,4-5,10-16H2,1H3,(H,34,36). The van der Waals surface area contributed by atoms with Gasteiger partial charge in [-0.15, -0.1) is 11.8 Å². The number of alkyl halides is 3. The van der Waals surface area contributed by atoms with Gasteiger partial charge in [0, 0.05) is 28.8 Å². The molecule has 0 aliphatic carbocycles. The largest absolute Gasteiger partial charge is 0.497 e. The van der Waals surface area contributed by atoms with Crippen LogP contribution in [-0.4, -0.2) is 53.5 Å². The van der Waals surface area contributed by atoms with Crippen molar-refractivity contribution >= 4 is 40.2 Å². The maximum atomic E-state index is 13.3. The Hall–Kier alpha value is -2.53. The fraction of sp³-hybridized carbons (Fsp3) is 0.429. The van der Waals surface area contributed by atoms with Crippen molar-refractivity contribution in [3.05, 3.63) is 64.8 Å². The molecule has 210 valence electrons. The lowest BCUT2D eigenvalue weighted by molar-refractivity contribution is -0.143. The molecule has 39 heavy (non-hydrogen) atoms. The van der Waals surface area contributed by atoms with Crippen LogP contribution in [0.1, 0.15) is 36.8 Å². The lowest BCUT2D eigenvalue weighted by atomic mass is 9.73. The summed E-state index contributed by atoms with van der Waals surface area (Å²) in [5.41, 5.74) is 2.26. The van der Waals surface area contributed by atoms with E-state index >= 15 is 0 Å². The molecule has 1 amide bonds. The molecule has 6 nitrogen and oxygen atoms in total. The zero-order chi connectivity index (χ0) is 28.0. The van der Waals surface area contributed by atoms with Crippen LogP contribution in [0.5, 0.6) is 5.75 Å². The molecule has 4 rings (SSSR count). The van der Waals surface area contributed by atoms with Gasteiger partial charge in [0.2, 0.25) is 5.91 Å². The minimum Gasteiger partial charge on any atom is -0.497 e. The number of likely N-dealkylation sites (tertiary alicyclic amines) is 1. The van der Waals surface area contributed by atoms with Gasteiger partial charge in [-0.2, -0.15) is 13.2 Å². The number of rotatable bonds is 10. The molecule has 0 unspecified atom stereocenters. The topological polar surface area (TPSA) is 74.7 Å². The third kappa shape index (κ3) is 6.98. The molecule has 1 aliphatic heterocycles. The molecular formula is C28H31ClF3N3O3S. The second kappa shape index (κ2) is 12.8. The van der Waals surface area contributed by atoms with E-state index in [1.54, 1.807) is 19.4 Å². The van der Waals surface area contributed by atoms with Crippen LogP contribution in [0.15, 0.2) is 53.6 Å². The maximum Gasteiger partial charge on any atom is 0.417 e. The molecule has 2 aromatic carbocycles. The Bertz CT molecular complexity index is 1300. The number of ether oxygens (including phenoxy) is 1. The van der Waals surface area contributed by atoms with Crippen molar-refractivity contribution in [3.8, 4) is 5.75 Å². The third-order valence-corrected chi connectivity index (χ3v) is 8.85. The van der Waals surface area contributed by atoms with Crippen molar-refractivity contribution in [2.75, 3.05) is 32.5 Å². The molecule has 11 heteroatoms. The summed E-state index contributed by atoms with van der Waals surface area (Å²) in [5.74, 6) is 0.808. The minimum absolute atomic E-state index is 0.218. The van der Waals surface area contributed by atoms with Crippen molar-refractivity contribution in [2.24, 2.45) is 5.41 Å². The Morgan fingerprint density at radius 1 is 1.23 bits per heavy atom. The van der Waals surface area contributed by atoms with Gasteiger partial charge in [-0.05, 0) is 81.1 Å². The number of thioether (sulfide) groups is 1. The molecule has 0 atom stereocenters. The van der Waals surface area contributed by atoms with Gasteiger partial charge >= 0.3 is 6.18 Å². The van der Waals surface area contributed by atoms with Gasteiger partial charge in [-0.1, -0.05) is 23.7 Å². The Morgan fingerprint density at radius 2 is 1.97 bits per heavy atom. The lowest BCUT2D eigenvalue weighted by Gasteiger charge is -2.40. The Morgan fingerprint density at radius 3 is 2.67 bits per heavy atom. The zero-order valence-electron chi connectivity index (χ0n) is 21.6. The molecule has 0 saturated carbocycles. The Balaban J connectivity index is 1.36. The number of fused-ring (bicyclic) bond motifs is 1. The summed E-state index contributed by atoms with van der Waals surface area (Å²) in [6.45, 7) is 1.84. The number of piperidine rings is 1. The molecule has 0 radical (unpaired) electrons. The van der Waals surface area contributed by atoms with Crippen LogP contribution in [0.4, 0.5) is 13.2 Å².